The fourth-order valence-corrected chi connectivity index (χ4v) is 4.43. The van der Waals surface area contributed by atoms with Gasteiger partial charge in [-0.2, -0.15) is 5.10 Å². The van der Waals surface area contributed by atoms with Gasteiger partial charge in [0.05, 0.1) is 17.3 Å². The number of amides is 1. The van der Waals surface area contributed by atoms with E-state index >= 15 is 0 Å². The molecule has 31 heavy (non-hydrogen) atoms. The van der Waals surface area contributed by atoms with Gasteiger partial charge in [-0.15, -0.1) is 0 Å². The highest BCUT2D eigenvalue weighted by molar-refractivity contribution is 7.89. The summed E-state index contributed by atoms with van der Waals surface area (Å²) >= 11 is 6.25. The van der Waals surface area contributed by atoms with Crippen LogP contribution in [0.4, 0.5) is 4.39 Å². The van der Waals surface area contributed by atoms with E-state index < -0.39 is 15.9 Å². The summed E-state index contributed by atoms with van der Waals surface area (Å²) in [5.41, 5.74) is 7.48. The van der Waals surface area contributed by atoms with E-state index in [1.54, 1.807) is 33.2 Å². The van der Waals surface area contributed by atoms with E-state index in [1.165, 1.54) is 35.8 Å². The Bertz CT molecular complexity index is 1110. The topological polar surface area (TPSA) is 102 Å². The summed E-state index contributed by atoms with van der Waals surface area (Å²) in [6, 6.07) is 4.62. The lowest BCUT2D eigenvalue weighted by Gasteiger charge is -2.15. The molecule has 0 fully saturated rings. The molecule has 1 aromatic heterocycles. The third kappa shape index (κ3) is 5.51. The van der Waals surface area contributed by atoms with Crippen LogP contribution in [0.1, 0.15) is 27.3 Å². The molecule has 0 unspecified atom stereocenters. The van der Waals surface area contributed by atoms with Crippen LogP contribution in [0.5, 0.6) is 0 Å². The molecule has 1 aromatic carbocycles. The van der Waals surface area contributed by atoms with Crippen molar-refractivity contribution in [2.45, 2.75) is 24.8 Å². The van der Waals surface area contributed by atoms with E-state index in [2.05, 4.69) is 5.10 Å². The Morgan fingerprint density at radius 3 is 2.45 bits per heavy atom. The van der Waals surface area contributed by atoms with Crippen molar-refractivity contribution in [1.82, 2.24) is 19.0 Å². The van der Waals surface area contributed by atoms with Crippen LogP contribution in [-0.4, -0.2) is 68.0 Å². The molecule has 0 saturated heterocycles. The zero-order valence-electron chi connectivity index (χ0n) is 18.2. The summed E-state index contributed by atoms with van der Waals surface area (Å²) in [5.74, 6) is -0.820. The molecule has 0 radical (unpaired) electrons. The molecule has 8 nitrogen and oxygen atoms in total. The monoisotopic (exact) mass is 471 g/mol. The molecule has 0 spiro atoms. The Labute approximate surface area is 187 Å². The first kappa shape index (κ1) is 25.0. The number of sulfonamides is 1. The Hall–Kier alpha value is -2.27. The average molecular weight is 472 g/mol. The fraction of sp³-hybridized carbons (Fsp3) is 0.400. The van der Waals surface area contributed by atoms with Gasteiger partial charge in [0.2, 0.25) is 10.0 Å². The van der Waals surface area contributed by atoms with E-state index in [1.807, 2.05) is 0 Å². The second kappa shape index (κ2) is 9.90. The molecule has 2 N–H and O–H groups in total. The van der Waals surface area contributed by atoms with Crippen LogP contribution in [0.3, 0.4) is 0 Å². The number of aryl methyl sites for hydroxylation is 1. The number of benzene rings is 1. The number of halogens is 2. The minimum Gasteiger partial charge on any atom is -0.343 e. The van der Waals surface area contributed by atoms with Crippen LogP contribution in [-0.2, 0) is 23.0 Å². The zero-order chi connectivity index (χ0) is 23.5. The molecule has 0 saturated carbocycles. The van der Waals surface area contributed by atoms with Crippen molar-refractivity contribution in [3.63, 3.8) is 0 Å². The number of carbonyl (C=O) groups excluding carboxylic acids is 1. The Morgan fingerprint density at radius 1 is 1.29 bits per heavy atom. The minimum absolute atomic E-state index is 0.00563. The summed E-state index contributed by atoms with van der Waals surface area (Å²) in [5, 5.41) is 4.42. The predicted molar refractivity (Wildman–Crippen MR) is 118 cm³/mol. The summed E-state index contributed by atoms with van der Waals surface area (Å²) in [6.45, 7) is 1.56. The first-order chi connectivity index (χ1) is 14.4. The third-order valence-electron chi connectivity index (χ3n) is 4.64. The molecule has 0 aliphatic carbocycles. The smallest absolute Gasteiger partial charge is 0.271 e. The van der Waals surface area contributed by atoms with E-state index in [0.29, 0.717) is 16.8 Å². The number of allylic oxidation sites excluding steroid dienone is 1. The molecule has 2 rings (SSSR count). The SMILES string of the molecule is Cc1nn(CC(F)=CCN)c(C(=O)N(C)C)c1Cc1ccc(S(=O)(=O)N(C)C)c(Cl)c1. The van der Waals surface area contributed by atoms with Gasteiger partial charge in [-0.25, -0.2) is 17.1 Å². The highest BCUT2D eigenvalue weighted by Crippen LogP contribution is 2.27. The van der Waals surface area contributed by atoms with Crippen molar-refractivity contribution < 1.29 is 17.6 Å². The second-order valence-electron chi connectivity index (χ2n) is 7.39. The van der Waals surface area contributed by atoms with Crippen molar-refractivity contribution in [2.24, 2.45) is 5.73 Å². The normalized spacial score (nSPS) is 12.5. The van der Waals surface area contributed by atoms with Crippen LogP contribution >= 0.6 is 11.6 Å². The lowest BCUT2D eigenvalue weighted by molar-refractivity contribution is 0.0814. The van der Waals surface area contributed by atoms with Crippen LogP contribution < -0.4 is 5.73 Å². The summed E-state index contributed by atoms with van der Waals surface area (Å²) in [4.78, 5) is 14.2. The molecule has 1 heterocycles. The molecule has 0 aliphatic heterocycles. The number of hydrogen-bond acceptors (Lipinski definition) is 5. The molecule has 0 bridgehead atoms. The minimum atomic E-state index is -3.69. The largest absolute Gasteiger partial charge is 0.343 e. The Morgan fingerprint density at radius 2 is 1.94 bits per heavy atom. The maximum atomic E-state index is 14.1. The molecule has 11 heteroatoms. The van der Waals surface area contributed by atoms with Gasteiger partial charge in [-0.3, -0.25) is 9.48 Å². The number of aromatic nitrogens is 2. The van der Waals surface area contributed by atoms with Gasteiger partial charge in [0.25, 0.3) is 5.91 Å². The lowest BCUT2D eigenvalue weighted by Crippen LogP contribution is -2.26. The highest BCUT2D eigenvalue weighted by atomic mass is 35.5. The number of hydrogen-bond donors (Lipinski definition) is 1. The van der Waals surface area contributed by atoms with Crippen molar-refractivity contribution in [2.75, 3.05) is 34.7 Å². The van der Waals surface area contributed by atoms with Gasteiger partial charge in [0.1, 0.15) is 16.4 Å². The number of nitrogens with zero attached hydrogens (tertiary/aromatic N) is 4. The predicted octanol–water partition coefficient (Wildman–Crippen LogP) is 2.20. The van der Waals surface area contributed by atoms with Gasteiger partial charge >= 0.3 is 0 Å². The summed E-state index contributed by atoms with van der Waals surface area (Å²) < 4.78 is 41.3. The molecular formula is C20H27ClFN5O3S. The molecular weight excluding hydrogens is 445 g/mol. The third-order valence-corrected chi connectivity index (χ3v) is 6.93. The van der Waals surface area contributed by atoms with Gasteiger partial charge in [-0.1, -0.05) is 17.7 Å². The van der Waals surface area contributed by atoms with Crippen LogP contribution in [0.15, 0.2) is 35.0 Å². The Kier molecular flexibility index (Phi) is 7.98. The van der Waals surface area contributed by atoms with E-state index in [9.17, 15) is 17.6 Å². The number of carbonyl (C=O) groups is 1. The van der Waals surface area contributed by atoms with Crippen molar-refractivity contribution in [3.05, 3.63) is 57.6 Å². The van der Waals surface area contributed by atoms with Crippen molar-refractivity contribution in [3.8, 4) is 0 Å². The molecule has 170 valence electrons. The Balaban J connectivity index is 2.52. The second-order valence-corrected chi connectivity index (χ2v) is 9.91. The van der Waals surface area contributed by atoms with E-state index in [-0.39, 0.29) is 41.0 Å². The quantitative estimate of drug-likeness (QED) is 0.636. The van der Waals surface area contributed by atoms with E-state index in [0.717, 1.165) is 4.31 Å². The molecule has 1 amide bonds. The van der Waals surface area contributed by atoms with Crippen LogP contribution in [0.25, 0.3) is 0 Å². The highest BCUT2D eigenvalue weighted by Gasteiger charge is 2.25. The van der Waals surface area contributed by atoms with Gasteiger partial charge in [-0.05, 0) is 30.7 Å². The molecule has 0 aliphatic rings. The summed E-state index contributed by atoms with van der Waals surface area (Å²) in [7, 11) is 2.36. The average Bonchev–Trinajstić information content (AvgIpc) is 2.95. The first-order valence-corrected chi connectivity index (χ1v) is 11.2. The van der Waals surface area contributed by atoms with Gasteiger partial charge in [0, 0.05) is 46.7 Å². The standard InChI is InChI=1S/C20H27ClFN5O3S/c1-13-16(10-14-6-7-18(17(21)11-14)31(29,30)26(4)5)19(20(28)25(2)3)27(24-13)12-15(22)8-9-23/h6-8,11H,9-10,12,23H2,1-5H3. The number of nitrogens with two attached hydrogens (primary N) is 1. The van der Waals surface area contributed by atoms with Crippen molar-refractivity contribution >= 4 is 27.5 Å². The first-order valence-electron chi connectivity index (χ1n) is 9.43. The van der Waals surface area contributed by atoms with Gasteiger partial charge < -0.3 is 10.6 Å². The molecule has 0 atom stereocenters. The summed E-state index contributed by atoms with van der Waals surface area (Å²) in [6.07, 6.45) is 1.50. The maximum absolute atomic E-state index is 14.1. The lowest BCUT2D eigenvalue weighted by atomic mass is 10.0. The zero-order valence-corrected chi connectivity index (χ0v) is 19.8. The molecule has 2 aromatic rings. The fourth-order valence-electron chi connectivity index (χ4n) is 3.00. The maximum Gasteiger partial charge on any atom is 0.271 e. The van der Waals surface area contributed by atoms with Crippen molar-refractivity contribution in [1.29, 1.82) is 0 Å². The van der Waals surface area contributed by atoms with Crippen LogP contribution in [0.2, 0.25) is 5.02 Å². The van der Waals surface area contributed by atoms with Crippen LogP contribution in [0, 0.1) is 6.92 Å². The van der Waals surface area contributed by atoms with Gasteiger partial charge in [0.15, 0.2) is 0 Å². The number of rotatable bonds is 8. The van der Waals surface area contributed by atoms with E-state index in [4.69, 9.17) is 17.3 Å².